The molecule has 2 heterocycles. The first kappa shape index (κ1) is 21.7. The number of anilines is 1. The van der Waals surface area contributed by atoms with Gasteiger partial charge in [-0.15, -0.1) is 10.2 Å². The summed E-state index contributed by atoms with van der Waals surface area (Å²) in [5, 5.41) is 9.06. The monoisotopic (exact) mass is 450 g/mol. The number of carbonyl (C=O) groups is 1. The van der Waals surface area contributed by atoms with Gasteiger partial charge in [0.15, 0.2) is 16.8 Å². The second-order valence-corrected chi connectivity index (χ2v) is 7.70. The van der Waals surface area contributed by atoms with E-state index in [1.165, 1.54) is 14.1 Å². The summed E-state index contributed by atoms with van der Waals surface area (Å²) in [6.07, 6.45) is 0. The smallest absolute Gasteiger partial charge is 0.332 e. The summed E-state index contributed by atoms with van der Waals surface area (Å²) in [7, 11) is 4.43. The van der Waals surface area contributed by atoms with E-state index in [0.29, 0.717) is 21.8 Å². The Morgan fingerprint density at radius 1 is 1.13 bits per heavy atom. The average Bonchev–Trinajstić information content (AvgIpc) is 3.08. The average molecular weight is 451 g/mol. The minimum absolute atomic E-state index is 0.102. The van der Waals surface area contributed by atoms with Crippen LogP contribution in [-0.2, 0) is 27.7 Å². The molecule has 0 aliphatic carbocycles. The first-order chi connectivity index (χ1) is 14.2. The van der Waals surface area contributed by atoms with Crippen molar-refractivity contribution in [2.45, 2.75) is 11.8 Å². The number of carbonyl (C=O) groups excluding carboxylic acids is 1. The van der Waals surface area contributed by atoms with E-state index in [1.54, 1.807) is 35.9 Å². The van der Waals surface area contributed by atoms with Gasteiger partial charge in [0, 0.05) is 21.1 Å². The molecule has 0 aliphatic rings. The first-order valence-corrected chi connectivity index (χ1v) is 10.1. The van der Waals surface area contributed by atoms with Crippen molar-refractivity contribution < 1.29 is 9.53 Å². The Bertz CT molecular complexity index is 1230. The number of benzene rings is 1. The maximum absolute atomic E-state index is 12.6. The summed E-state index contributed by atoms with van der Waals surface area (Å²) in [6.45, 7) is 0.135. The molecule has 158 valence electrons. The van der Waals surface area contributed by atoms with Gasteiger partial charge in [0.1, 0.15) is 23.7 Å². The Balaban J connectivity index is 1.72. The Morgan fingerprint density at radius 3 is 2.53 bits per heavy atom. The standard InChI is InChI=1S/C18H19ClN6O4S/c1-23-13(8-29-12-7-5-4-6-10(12)19)21-22-17(23)30-9-11(26)14-15(20)24(2)18(28)25(3)16(14)27/h4-7H,8-9,20H2,1-3H3. The van der Waals surface area contributed by atoms with E-state index in [4.69, 9.17) is 22.1 Å². The van der Waals surface area contributed by atoms with Crippen LogP contribution in [0.25, 0.3) is 0 Å². The molecule has 10 nitrogen and oxygen atoms in total. The van der Waals surface area contributed by atoms with Crippen molar-refractivity contribution in [2.24, 2.45) is 21.1 Å². The lowest BCUT2D eigenvalue weighted by atomic mass is 10.2. The quantitative estimate of drug-likeness (QED) is 0.417. The minimum Gasteiger partial charge on any atom is -0.484 e. The summed E-state index contributed by atoms with van der Waals surface area (Å²) in [5.41, 5.74) is 4.27. The van der Waals surface area contributed by atoms with Crippen LogP contribution in [0.2, 0.25) is 5.02 Å². The summed E-state index contributed by atoms with van der Waals surface area (Å²) in [6, 6.07) is 7.06. The predicted molar refractivity (Wildman–Crippen MR) is 113 cm³/mol. The fourth-order valence-electron chi connectivity index (χ4n) is 2.62. The molecule has 12 heteroatoms. The lowest BCUT2D eigenvalue weighted by Crippen LogP contribution is -2.41. The van der Waals surface area contributed by atoms with Gasteiger partial charge < -0.3 is 15.0 Å². The molecular weight excluding hydrogens is 432 g/mol. The number of rotatable bonds is 7. The maximum atomic E-state index is 12.6. The molecule has 0 bridgehead atoms. The number of nitrogens with zero attached hydrogens (tertiary/aromatic N) is 5. The highest BCUT2D eigenvalue weighted by atomic mass is 35.5. The number of nitrogen functional groups attached to an aromatic ring is 1. The van der Waals surface area contributed by atoms with Gasteiger partial charge in [-0.1, -0.05) is 35.5 Å². The van der Waals surface area contributed by atoms with E-state index in [9.17, 15) is 14.4 Å². The highest BCUT2D eigenvalue weighted by Gasteiger charge is 2.21. The van der Waals surface area contributed by atoms with Crippen molar-refractivity contribution >= 4 is 35.0 Å². The third kappa shape index (κ3) is 4.12. The van der Waals surface area contributed by atoms with Crippen molar-refractivity contribution in [3.05, 3.63) is 61.5 Å². The molecule has 0 amide bonds. The molecule has 0 fully saturated rings. The number of para-hydroxylation sites is 1. The van der Waals surface area contributed by atoms with Gasteiger partial charge >= 0.3 is 5.69 Å². The van der Waals surface area contributed by atoms with Crippen LogP contribution in [0.4, 0.5) is 5.82 Å². The number of thioether (sulfide) groups is 1. The zero-order chi connectivity index (χ0) is 22.0. The summed E-state index contributed by atoms with van der Waals surface area (Å²) in [5.74, 6) is 0.274. The van der Waals surface area contributed by atoms with Crippen LogP contribution in [0.3, 0.4) is 0 Å². The zero-order valence-electron chi connectivity index (χ0n) is 16.5. The fourth-order valence-corrected chi connectivity index (χ4v) is 3.62. The molecule has 0 saturated heterocycles. The van der Waals surface area contributed by atoms with E-state index in [-0.39, 0.29) is 23.7 Å². The minimum atomic E-state index is -0.729. The zero-order valence-corrected chi connectivity index (χ0v) is 18.0. The Hall–Kier alpha value is -3.05. The molecule has 30 heavy (non-hydrogen) atoms. The van der Waals surface area contributed by atoms with Crippen molar-refractivity contribution in [1.29, 1.82) is 0 Å². The van der Waals surface area contributed by atoms with Gasteiger partial charge in [0.25, 0.3) is 5.56 Å². The highest BCUT2D eigenvalue weighted by molar-refractivity contribution is 7.99. The summed E-state index contributed by atoms with van der Waals surface area (Å²) in [4.78, 5) is 36.8. The number of hydrogen-bond donors (Lipinski definition) is 1. The second kappa shape index (κ2) is 8.76. The summed E-state index contributed by atoms with van der Waals surface area (Å²) < 4.78 is 9.24. The molecule has 0 atom stereocenters. The SMILES string of the molecule is Cn1c(COc2ccccc2Cl)nnc1SCC(=O)c1c(N)n(C)c(=O)n(C)c1=O. The maximum Gasteiger partial charge on any atom is 0.332 e. The van der Waals surface area contributed by atoms with Crippen molar-refractivity contribution in [1.82, 2.24) is 23.9 Å². The van der Waals surface area contributed by atoms with E-state index < -0.39 is 17.0 Å². The molecular formula is C18H19ClN6O4S. The van der Waals surface area contributed by atoms with Crippen molar-refractivity contribution in [3.63, 3.8) is 0 Å². The number of ketones is 1. The number of ether oxygens (including phenoxy) is 1. The van der Waals surface area contributed by atoms with Crippen LogP contribution in [0, 0.1) is 0 Å². The van der Waals surface area contributed by atoms with Gasteiger partial charge in [-0.2, -0.15) is 0 Å². The molecule has 0 unspecified atom stereocenters. The molecule has 0 saturated carbocycles. The van der Waals surface area contributed by atoms with Crippen LogP contribution in [0.15, 0.2) is 39.0 Å². The molecule has 0 spiro atoms. The lowest BCUT2D eigenvalue weighted by Gasteiger charge is -2.10. The third-order valence-electron chi connectivity index (χ3n) is 4.44. The number of nitrogens with two attached hydrogens (primary N) is 1. The van der Waals surface area contributed by atoms with Gasteiger partial charge in [0.2, 0.25) is 0 Å². The predicted octanol–water partition coefficient (Wildman–Crippen LogP) is 1.00. The topological polar surface area (TPSA) is 127 Å². The lowest BCUT2D eigenvalue weighted by molar-refractivity contribution is 0.102. The summed E-state index contributed by atoms with van der Waals surface area (Å²) >= 11 is 7.16. The molecule has 0 radical (unpaired) electrons. The Labute approximate surface area is 180 Å². The van der Waals surface area contributed by atoms with Crippen LogP contribution in [0.5, 0.6) is 5.75 Å². The van der Waals surface area contributed by atoms with E-state index >= 15 is 0 Å². The highest BCUT2D eigenvalue weighted by Crippen LogP contribution is 2.24. The van der Waals surface area contributed by atoms with Crippen molar-refractivity contribution in [2.75, 3.05) is 11.5 Å². The molecule has 2 aromatic heterocycles. The van der Waals surface area contributed by atoms with Crippen LogP contribution >= 0.6 is 23.4 Å². The molecule has 1 aromatic carbocycles. The number of Topliss-reactive ketones (excluding diaryl/α,β-unsaturated/α-hetero) is 1. The van der Waals surface area contributed by atoms with E-state index in [2.05, 4.69) is 10.2 Å². The molecule has 3 rings (SSSR count). The van der Waals surface area contributed by atoms with Gasteiger partial charge in [-0.05, 0) is 12.1 Å². The third-order valence-corrected chi connectivity index (χ3v) is 5.77. The molecule has 0 aliphatic heterocycles. The van der Waals surface area contributed by atoms with Crippen LogP contribution in [0.1, 0.15) is 16.2 Å². The normalized spacial score (nSPS) is 10.9. The van der Waals surface area contributed by atoms with Gasteiger partial charge in [0.05, 0.1) is 10.8 Å². The van der Waals surface area contributed by atoms with Gasteiger partial charge in [-0.3, -0.25) is 18.7 Å². The van der Waals surface area contributed by atoms with Gasteiger partial charge in [-0.25, -0.2) is 4.79 Å². The van der Waals surface area contributed by atoms with Crippen LogP contribution in [-0.4, -0.2) is 35.4 Å². The van der Waals surface area contributed by atoms with E-state index in [0.717, 1.165) is 20.9 Å². The van der Waals surface area contributed by atoms with Crippen LogP contribution < -0.4 is 21.7 Å². The first-order valence-electron chi connectivity index (χ1n) is 8.69. The Kier molecular flexibility index (Phi) is 6.32. The molecule has 2 N–H and O–H groups in total. The Morgan fingerprint density at radius 2 is 1.83 bits per heavy atom. The number of halogens is 1. The fraction of sp³-hybridized carbons (Fsp3) is 0.278. The largest absolute Gasteiger partial charge is 0.484 e. The van der Waals surface area contributed by atoms with Crippen molar-refractivity contribution in [3.8, 4) is 5.75 Å². The van der Waals surface area contributed by atoms with E-state index in [1.807, 2.05) is 0 Å². The molecule has 3 aromatic rings. The number of hydrogen-bond acceptors (Lipinski definition) is 8. The second-order valence-electron chi connectivity index (χ2n) is 6.35. The number of aromatic nitrogens is 5.